The summed E-state index contributed by atoms with van der Waals surface area (Å²) in [6.45, 7) is 0. The number of carbonyl (C=O) groups is 1. The Kier molecular flexibility index (Phi) is 5.52. The van der Waals surface area contributed by atoms with E-state index < -0.39 is 28.0 Å². The number of ether oxygens (including phenoxy) is 1. The van der Waals surface area contributed by atoms with Crippen LogP contribution in [0, 0.1) is 0 Å². The first-order valence-corrected chi connectivity index (χ1v) is 10.0. The van der Waals surface area contributed by atoms with E-state index in [-0.39, 0.29) is 21.5 Å². The van der Waals surface area contributed by atoms with E-state index in [2.05, 4.69) is 19.8 Å². The lowest BCUT2D eigenvalue weighted by Gasteiger charge is -2.17. The SMILES string of the molecule is O=C(CSC1=NS(=O)(=O)c2ccccc2N1)Nc1ccc(OC(F)(F)F)cc1. The summed E-state index contributed by atoms with van der Waals surface area (Å²) in [6, 6.07) is 10.9. The zero-order valence-electron chi connectivity index (χ0n) is 13.9. The maximum absolute atomic E-state index is 12.1. The van der Waals surface area contributed by atoms with Gasteiger partial charge in [-0.1, -0.05) is 23.9 Å². The summed E-state index contributed by atoms with van der Waals surface area (Å²) < 4.78 is 68.0. The number of anilines is 2. The minimum absolute atomic E-state index is 0.0442. The van der Waals surface area contributed by atoms with Crippen LogP contribution < -0.4 is 15.4 Å². The Morgan fingerprint density at radius 2 is 1.82 bits per heavy atom. The first-order valence-electron chi connectivity index (χ1n) is 7.62. The summed E-state index contributed by atoms with van der Waals surface area (Å²) in [7, 11) is -3.85. The third-order valence-corrected chi connectivity index (χ3v) is 5.64. The molecule has 0 atom stereocenters. The van der Waals surface area contributed by atoms with Crippen molar-refractivity contribution in [1.29, 1.82) is 0 Å². The zero-order valence-corrected chi connectivity index (χ0v) is 15.5. The van der Waals surface area contributed by atoms with Crippen LogP contribution in [0.2, 0.25) is 0 Å². The summed E-state index contributed by atoms with van der Waals surface area (Å²) in [5.41, 5.74) is 0.622. The number of sulfonamides is 1. The Bertz CT molecular complexity index is 1020. The molecule has 2 aromatic rings. The average Bonchev–Trinajstić information content (AvgIpc) is 2.60. The Labute approximate surface area is 162 Å². The van der Waals surface area contributed by atoms with Crippen LogP contribution in [0.1, 0.15) is 0 Å². The van der Waals surface area contributed by atoms with Crippen LogP contribution in [0.25, 0.3) is 0 Å². The van der Waals surface area contributed by atoms with E-state index in [0.717, 1.165) is 23.9 Å². The second kappa shape index (κ2) is 7.72. The molecule has 0 saturated heterocycles. The summed E-state index contributed by atoms with van der Waals surface area (Å²) in [4.78, 5) is 12.0. The van der Waals surface area contributed by atoms with Gasteiger partial charge < -0.3 is 15.4 Å². The van der Waals surface area contributed by atoms with Crippen molar-refractivity contribution in [2.24, 2.45) is 4.40 Å². The molecule has 1 aliphatic heterocycles. The third kappa shape index (κ3) is 5.16. The zero-order chi connectivity index (χ0) is 20.4. The Balaban J connectivity index is 1.57. The van der Waals surface area contributed by atoms with Crippen LogP contribution in [-0.4, -0.2) is 31.6 Å². The lowest BCUT2D eigenvalue weighted by Crippen LogP contribution is -2.22. The smallest absolute Gasteiger partial charge is 0.406 e. The lowest BCUT2D eigenvalue weighted by atomic mass is 10.3. The molecule has 28 heavy (non-hydrogen) atoms. The predicted octanol–water partition coefficient (Wildman–Crippen LogP) is 3.43. The van der Waals surface area contributed by atoms with Gasteiger partial charge in [0.05, 0.1) is 11.4 Å². The molecule has 12 heteroatoms. The highest BCUT2D eigenvalue weighted by Crippen LogP contribution is 2.29. The minimum Gasteiger partial charge on any atom is -0.406 e. The molecule has 0 fully saturated rings. The highest BCUT2D eigenvalue weighted by molar-refractivity contribution is 8.15. The second-order valence-electron chi connectivity index (χ2n) is 5.40. The van der Waals surface area contributed by atoms with Gasteiger partial charge >= 0.3 is 6.36 Å². The molecule has 0 aromatic heterocycles. The van der Waals surface area contributed by atoms with Crippen LogP contribution in [0.15, 0.2) is 57.8 Å². The third-order valence-electron chi connectivity index (χ3n) is 3.32. The fourth-order valence-corrected chi connectivity index (χ4v) is 4.26. The highest BCUT2D eigenvalue weighted by atomic mass is 32.2. The van der Waals surface area contributed by atoms with E-state index in [1.165, 1.54) is 18.2 Å². The molecule has 1 amide bonds. The number of amides is 1. The summed E-state index contributed by atoms with van der Waals surface area (Å²) in [5, 5.41) is 5.36. The number of fused-ring (bicyclic) bond motifs is 1. The van der Waals surface area contributed by atoms with Crippen LogP contribution in [-0.2, 0) is 14.8 Å². The number of amidine groups is 1. The molecule has 1 heterocycles. The van der Waals surface area contributed by atoms with E-state index in [1.807, 2.05) is 0 Å². The maximum atomic E-state index is 12.1. The number of benzene rings is 2. The van der Waals surface area contributed by atoms with Crippen molar-refractivity contribution in [3.8, 4) is 5.75 Å². The van der Waals surface area contributed by atoms with Crippen molar-refractivity contribution in [2.75, 3.05) is 16.4 Å². The van der Waals surface area contributed by atoms with Crippen molar-refractivity contribution >= 4 is 44.2 Å². The molecule has 0 saturated carbocycles. The van der Waals surface area contributed by atoms with Gasteiger partial charge in [0.1, 0.15) is 10.6 Å². The van der Waals surface area contributed by atoms with Crippen LogP contribution in [0.4, 0.5) is 24.5 Å². The van der Waals surface area contributed by atoms with Crippen molar-refractivity contribution in [1.82, 2.24) is 0 Å². The Morgan fingerprint density at radius 3 is 2.50 bits per heavy atom. The van der Waals surface area contributed by atoms with Crippen molar-refractivity contribution < 1.29 is 31.1 Å². The molecule has 0 bridgehead atoms. The summed E-state index contributed by atoms with van der Waals surface area (Å²) in [5.74, 6) is -1.07. The van der Waals surface area contributed by atoms with Gasteiger partial charge in [-0.2, -0.15) is 8.42 Å². The molecule has 0 spiro atoms. The van der Waals surface area contributed by atoms with Gasteiger partial charge in [-0.15, -0.1) is 17.6 Å². The fraction of sp³-hybridized carbons (Fsp3) is 0.125. The number of nitrogens with one attached hydrogen (secondary N) is 2. The molecule has 0 aliphatic carbocycles. The van der Waals surface area contributed by atoms with Crippen LogP contribution >= 0.6 is 11.8 Å². The maximum Gasteiger partial charge on any atom is 0.573 e. The predicted molar refractivity (Wildman–Crippen MR) is 98.9 cm³/mol. The molecular formula is C16H12F3N3O4S2. The van der Waals surface area contributed by atoms with Crippen molar-refractivity contribution in [2.45, 2.75) is 11.3 Å². The number of rotatable bonds is 4. The van der Waals surface area contributed by atoms with Gasteiger partial charge in [-0.3, -0.25) is 4.79 Å². The normalized spacial score (nSPS) is 15.0. The molecule has 148 valence electrons. The largest absolute Gasteiger partial charge is 0.573 e. The quantitative estimate of drug-likeness (QED) is 0.770. The first-order chi connectivity index (χ1) is 13.1. The molecule has 2 N–H and O–H groups in total. The van der Waals surface area contributed by atoms with Crippen LogP contribution in [0.5, 0.6) is 5.75 Å². The standard InChI is InChI=1S/C16H12F3N3O4S2/c17-16(18,19)26-11-7-5-10(6-8-11)20-14(23)9-27-15-21-12-3-1-2-4-13(12)28(24,25)22-15/h1-8H,9H2,(H,20,23)(H,21,22). The summed E-state index contributed by atoms with van der Waals surface area (Å²) in [6.07, 6.45) is -4.80. The van der Waals surface area contributed by atoms with Crippen molar-refractivity contribution in [3.05, 3.63) is 48.5 Å². The second-order valence-corrected chi connectivity index (χ2v) is 7.94. The number of alkyl halides is 3. The van der Waals surface area contributed by atoms with E-state index in [1.54, 1.807) is 18.2 Å². The molecule has 0 unspecified atom stereocenters. The van der Waals surface area contributed by atoms with Gasteiger partial charge in [0.15, 0.2) is 5.17 Å². The van der Waals surface area contributed by atoms with Crippen LogP contribution in [0.3, 0.4) is 0 Å². The molecule has 1 aliphatic rings. The van der Waals surface area contributed by atoms with Gasteiger partial charge in [0.2, 0.25) is 5.91 Å². The molecule has 2 aromatic carbocycles. The Hall–Kier alpha value is -2.73. The van der Waals surface area contributed by atoms with E-state index in [4.69, 9.17) is 0 Å². The van der Waals surface area contributed by atoms with Gasteiger partial charge in [-0.25, -0.2) is 0 Å². The monoisotopic (exact) mass is 431 g/mol. The van der Waals surface area contributed by atoms with Gasteiger partial charge in [0.25, 0.3) is 10.0 Å². The summed E-state index contributed by atoms with van der Waals surface area (Å²) >= 11 is 0.876. The first kappa shape index (κ1) is 20.0. The minimum atomic E-state index is -4.80. The van der Waals surface area contributed by atoms with Crippen molar-refractivity contribution in [3.63, 3.8) is 0 Å². The number of para-hydroxylation sites is 1. The van der Waals surface area contributed by atoms with E-state index >= 15 is 0 Å². The molecule has 0 radical (unpaired) electrons. The number of hydrogen-bond donors (Lipinski definition) is 2. The molecule has 3 rings (SSSR count). The van der Waals surface area contributed by atoms with E-state index in [0.29, 0.717) is 5.69 Å². The number of carbonyl (C=O) groups excluding carboxylic acids is 1. The highest BCUT2D eigenvalue weighted by Gasteiger charge is 2.31. The number of nitrogens with zero attached hydrogens (tertiary/aromatic N) is 1. The van der Waals surface area contributed by atoms with E-state index in [9.17, 15) is 26.4 Å². The average molecular weight is 431 g/mol. The number of thioether (sulfide) groups is 1. The van der Waals surface area contributed by atoms with Gasteiger partial charge in [-0.05, 0) is 36.4 Å². The Morgan fingerprint density at radius 1 is 1.14 bits per heavy atom. The fourth-order valence-electron chi connectivity index (χ4n) is 2.22. The molecular weight excluding hydrogens is 419 g/mol. The molecule has 7 nitrogen and oxygen atoms in total. The topological polar surface area (TPSA) is 96.9 Å². The lowest BCUT2D eigenvalue weighted by molar-refractivity contribution is -0.274. The van der Waals surface area contributed by atoms with Gasteiger partial charge in [0, 0.05) is 5.69 Å². The number of hydrogen-bond acceptors (Lipinski definition) is 6. The number of halogens is 3.